The number of ether oxygens (including phenoxy) is 2. The van der Waals surface area contributed by atoms with E-state index in [0.717, 1.165) is 12.1 Å². The molecule has 0 fully saturated rings. The Bertz CT molecular complexity index is 1150. The minimum Gasteiger partial charge on any atom is -0.497 e. The summed E-state index contributed by atoms with van der Waals surface area (Å²) in [6, 6.07) is 8.92. The van der Waals surface area contributed by atoms with E-state index in [1.165, 1.54) is 55.6 Å². The quantitative estimate of drug-likeness (QED) is 0.604. The molecule has 12 heteroatoms. The van der Waals surface area contributed by atoms with Crippen LogP contribution in [-0.2, 0) is 22.7 Å². The summed E-state index contributed by atoms with van der Waals surface area (Å²) >= 11 is 0. The van der Waals surface area contributed by atoms with Crippen LogP contribution in [0.2, 0.25) is 0 Å². The lowest BCUT2D eigenvalue weighted by atomic mass is 10.1. The SMILES string of the molecule is COc1ccc(S(=O)(=O)Nc2ncn(Cc3cccc(C(F)(F)F)c3)n2)c(OC)c1. The van der Waals surface area contributed by atoms with Crippen LogP contribution in [0.4, 0.5) is 19.1 Å². The van der Waals surface area contributed by atoms with Crippen LogP contribution in [0.5, 0.6) is 11.5 Å². The van der Waals surface area contributed by atoms with E-state index >= 15 is 0 Å². The summed E-state index contributed by atoms with van der Waals surface area (Å²) in [4.78, 5) is 3.70. The first-order valence-corrected chi connectivity index (χ1v) is 9.91. The Kier molecular flexibility index (Phi) is 5.87. The monoisotopic (exact) mass is 442 g/mol. The first-order chi connectivity index (χ1) is 14.1. The number of nitrogens with one attached hydrogen (secondary N) is 1. The Labute approximate surface area is 170 Å². The molecule has 30 heavy (non-hydrogen) atoms. The van der Waals surface area contributed by atoms with Crippen LogP contribution in [0, 0.1) is 0 Å². The molecule has 0 atom stereocenters. The van der Waals surface area contributed by atoms with Crippen LogP contribution in [0.3, 0.4) is 0 Å². The zero-order chi connectivity index (χ0) is 21.9. The number of anilines is 1. The average molecular weight is 442 g/mol. The van der Waals surface area contributed by atoms with Gasteiger partial charge in [0.25, 0.3) is 16.0 Å². The highest BCUT2D eigenvalue weighted by molar-refractivity contribution is 7.92. The third-order valence-electron chi connectivity index (χ3n) is 4.02. The van der Waals surface area contributed by atoms with Gasteiger partial charge < -0.3 is 9.47 Å². The van der Waals surface area contributed by atoms with E-state index in [0.29, 0.717) is 11.3 Å². The number of methoxy groups -OCH3 is 2. The number of nitrogens with zero attached hydrogens (tertiary/aromatic N) is 3. The summed E-state index contributed by atoms with van der Waals surface area (Å²) < 4.78 is 77.4. The van der Waals surface area contributed by atoms with Gasteiger partial charge in [0.1, 0.15) is 22.7 Å². The summed E-state index contributed by atoms with van der Waals surface area (Å²) in [7, 11) is -1.34. The van der Waals surface area contributed by atoms with Crippen LogP contribution >= 0.6 is 0 Å². The van der Waals surface area contributed by atoms with Crippen molar-refractivity contribution in [2.24, 2.45) is 0 Å². The molecule has 0 unspecified atom stereocenters. The number of hydrogen-bond donors (Lipinski definition) is 1. The standard InChI is InChI=1S/C18H17F3N4O4S/c1-28-14-6-7-16(15(9-14)29-2)30(26,27)24-17-22-11-25(23-17)10-12-4-3-5-13(8-12)18(19,20)21/h3-9,11H,10H2,1-2H3,(H,23,24). The topological polar surface area (TPSA) is 95.3 Å². The van der Waals surface area contributed by atoms with Crippen LogP contribution in [0.25, 0.3) is 0 Å². The molecule has 0 amide bonds. The maximum absolute atomic E-state index is 12.8. The van der Waals surface area contributed by atoms with Crippen molar-refractivity contribution >= 4 is 16.0 Å². The largest absolute Gasteiger partial charge is 0.497 e. The Morgan fingerprint density at radius 3 is 2.53 bits per heavy atom. The predicted molar refractivity (Wildman–Crippen MR) is 101 cm³/mol. The molecule has 2 aromatic carbocycles. The van der Waals surface area contributed by atoms with Crippen LogP contribution in [-0.4, -0.2) is 37.4 Å². The van der Waals surface area contributed by atoms with Gasteiger partial charge in [-0.05, 0) is 29.8 Å². The molecule has 1 aromatic heterocycles. The molecule has 1 heterocycles. The van der Waals surface area contributed by atoms with E-state index in [1.807, 2.05) is 0 Å². The minimum atomic E-state index is -4.46. The number of rotatable bonds is 7. The van der Waals surface area contributed by atoms with Gasteiger partial charge in [0, 0.05) is 6.07 Å². The fraction of sp³-hybridized carbons (Fsp3) is 0.222. The van der Waals surface area contributed by atoms with Gasteiger partial charge in [-0.3, -0.25) is 0 Å². The number of sulfonamides is 1. The van der Waals surface area contributed by atoms with Crippen molar-refractivity contribution in [2.45, 2.75) is 17.6 Å². The Balaban J connectivity index is 1.79. The van der Waals surface area contributed by atoms with Gasteiger partial charge in [-0.2, -0.15) is 18.2 Å². The number of benzene rings is 2. The molecule has 3 rings (SSSR count). The summed E-state index contributed by atoms with van der Waals surface area (Å²) in [5, 5.41) is 3.97. The van der Waals surface area contributed by atoms with Crippen LogP contribution < -0.4 is 14.2 Å². The van der Waals surface area contributed by atoms with E-state index in [-0.39, 0.29) is 23.1 Å². The summed E-state index contributed by atoms with van der Waals surface area (Å²) in [6.45, 7) is -0.0233. The number of hydrogen-bond acceptors (Lipinski definition) is 6. The van der Waals surface area contributed by atoms with Gasteiger partial charge in [-0.25, -0.2) is 17.8 Å². The lowest BCUT2D eigenvalue weighted by Gasteiger charge is -2.11. The van der Waals surface area contributed by atoms with Crippen molar-refractivity contribution < 1.29 is 31.1 Å². The molecular formula is C18H17F3N4O4S. The molecule has 0 radical (unpaired) electrons. The Hall–Kier alpha value is -3.28. The highest BCUT2D eigenvalue weighted by atomic mass is 32.2. The average Bonchev–Trinajstić information content (AvgIpc) is 3.12. The van der Waals surface area contributed by atoms with Crippen molar-refractivity contribution in [3.8, 4) is 11.5 Å². The molecule has 160 valence electrons. The summed E-state index contributed by atoms with van der Waals surface area (Å²) in [5.41, 5.74) is -0.450. The van der Waals surface area contributed by atoms with Gasteiger partial charge in [-0.1, -0.05) is 12.1 Å². The second kappa shape index (κ2) is 8.22. The van der Waals surface area contributed by atoms with Crippen molar-refractivity contribution in [2.75, 3.05) is 18.9 Å². The third kappa shape index (κ3) is 4.82. The fourth-order valence-corrected chi connectivity index (χ4v) is 3.72. The van der Waals surface area contributed by atoms with E-state index in [4.69, 9.17) is 9.47 Å². The van der Waals surface area contributed by atoms with E-state index < -0.39 is 21.8 Å². The number of alkyl halides is 3. The van der Waals surface area contributed by atoms with Crippen molar-refractivity contribution in [1.82, 2.24) is 14.8 Å². The molecule has 8 nitrogen and oxygen atoms in total. The molecule has 0 saturated heterocycles. The van der Waals surface area contributed by atoms with Crippen LogP contribution in [0.15, 0.2) is 53.7 Å². The second-order valence-electron chi connectivity index (χ2n) is 6.09. The summed E-state index contributed by atoms with van der Waals surface area (Å²) in [6.07, 6.45) is -3.25. The first-order valence-electron chi connectivity index (χ1n) is 8.43. The molecular weight excluding hydrogens is 425 g/mol. The maximum Gasteiger partial charge on any atom is 0.416 e. The molecule has 0 aliphatic carbocycles. The fourth-order valence-electron chi connectivity index (χ4n) is 2.62. The molecule has 0 bridgehead atoms. The van der Waals surface area contributed by atoms with Gasteiger partial charge in [0.05, 0.1) is 26.3 Å². The zero-order valence-corrected chi connectivity index (χ0v) is 16.7. The Morgan fingerprint density at radius 2 is 1.87 bits per heavy atom. The van der Waals surface area contributed by atoms with Gasteiger partial charge in [0.15, 0.2) is 0 Å². The molecule has 0 aliphatic heterocycles. The highest BCUT2D eigenvalue weighted by Gasteiger charge is 2.30. The van der Waals surface area contributed by atoms with E-state index in [2.05, 4.69) is 14.8 Å². The normalized spacial score (nSPS) is 11.9. The Morgan fingerprint density at radius 1 is 1.10 bits per heavy atom. The predicted octanol–water partition coefficient (Wildman–Crippen LogP) is 3.16. The summed E-state index contributed by atoms with van der Waals surface area (Å²) in [5.74, 6) is 0.236. The van der Waals surface area contributed by atoms with Crippen LogP contribution in [0.1, 0.15) is 11.1 Å². The number of aromatic nitrogens is 3. The lowest BCUT2D eigenvalue weighted by molar-refractivity contribution is -0.137. The molecule has 0 aliphatic rings. The van der Waals surface area contributed by atoms with E-state index in [9.17, 15) is 21.6 Å². The van der Waals surface area contributed by atoms with E-state index in [1.54, 1.807) is 0 Å². The minimum absolute atomic E-state index is 0.0233. The smallest absolute Gasteiger partial charge is 0.416 e. The van der Waals surface area contributed by atoms with Crippen molar-refractivity contribution in [3.63, 3.8) is 0 Å². The second-order valence-corrected chi connectivity index (χ2v) is 7.74. The highest BCUT2D eigenvalue weighted by Crippen LogP contribution is 2.30. The van der Waals surface area contributed by atoms with Crippen molar-refractivity contribution in [3.05, 3.63) is 59.9 Å². The van der Waals surface area contributed by atoms with Gasteiger partial charge in [0.2, 0.25) is 0 Å². The lowest BCUT2D eigenvalue weighted by Crippen LogP contribution is -2.15. The zero-order valence-electron chi connectivity index (χ0n) is 15.8. The van der Waals surface area contributed by atoms with Gasteiger partial charge in [-0.15, -0.1) is 5.10 Å². The van der Waals surface area contributed by atoms with Crippen molar-refractivity contribution in [1.29, 1.82) is 0 Å². The molecule has 0 saturated carbocycles. The third-order valence-corrected chi connectivity index (χ3v) is 5.39. The maximum atomic E-state index is 12.8. The van der Waals surface area contributed by atoms with Gasteiger partial charge >= 0.3 is 6.18 Å². The number of halogens is 3. The molecule has 1 N–H and O–H groups in total. The first kappa shape index (κ1) is 21.4. The molecule has 3 aromatic rings. The molecule has 0 spiro atoms.